The first-order chi connectivity index (χ1) is 17.8. The highest BCUT2D eigenvalue weighted by Gasteiger charge is 2.24. The average molecular weight is 491 g/mol. The van der Waals surface area contributed by atoms with Gasteiger partial charge in [0.25, 0.3) is 0 Å². The molecular weight excluding hydrogens is 464 g/mol. The van der Waals surface area contributed by atoms with Gasteiger partial charge in [-0.25, -0.2) is 13.3 Å². The summed E-state index contributed by atoms with van der Waals surface area (Å²) in [7, 11) is 1.89. The van der Waals surface area contributed by atoms with E-state index >= 15 is 4.39 Å². The van der Waals surface area contributed by atoms with E-state index in [-0.39, 0.29) is 11.6 Å². The maximum atomic E-state index is 15.4. The van der Waals surface area contributed by atoms with E-state index in [0.717, 1.165) is 38.6 Å². The highest BCUT2D eigenvalue weighted by atomic mass is 19.1. The third kappa shape index (κ3) is 3.80. The van der Waals surface area contributed by atoms with Gasteiger partial charge in [-0.3, -0.25) is 0 Å². The molecule has 0 aliphatic heterocycles. The molecule has 0 N–H and O–H groups in total. The van der Waals surface area contributed by atoms with Crippen molar-refractivity contribution < 1.29 is 17.8 Å². The first-order valence-electron chi connectivity index (χ1n) is 12.3. The molecule has 0 atom stereocenters. The van der Waals surface area contributed by atoms with Gasteiger partial charge in [-0.15, -0.1) is 0 Å². The van der Waals surface area contributed by atoms with E-state index in [0.29, 0.717) is 28.0 Å². The number of hydrogen-bond acceptors (Lipinski definition) is 1. The molecule has 0 aliphatic rings. The van der Waals surface area contributed by atoms with Crippen LogP contribution in [0.25, 0.3) is 55.4 Å². The van der Waals surface area contributed by atoms with Crippen molar-refractivity contribution in [2.45, 2.75) is 20.8 Å². The van der Waals surface area contributed by atoms with Crippen molar-refractivity contribution in [2.75, 3.05) is 0 Å². The second kappa shape index (κ2) is 8.67. The average Bonchev–Trinajstić information content (AvgIpc) is 3.25. The molecule has 6 aromatic rings. The van der Waals surface area contributed by atoms with Gasteiger partial charge in [0, 0.05) is 22.4 Å². The summed E-state index contributed by atoms with van der Waals surface area (Å²) in [5, 5.41) is 1.69. The minimum absolute atomic E-state index is 0.277. The van der Waals surface area contributed by atoms with Crippen LogP contribution in [-0.2, 0) is 7.05 Å². The molecule has 0 unspecified atom stereocenters. The van der Waals surface area contributed by atoms with E-state index in [2.05, 4.69) is 31.2 Å². The number of aryl methyl sites for hydroxylation is 4. The minimum atomic E-state index is -0.347. The molecule has 37 heavy (non-hydrogen) atoms. The van der Waals surface area contributed by atoms with E-state index in [1.165, 1.54) is 17.7 Å². The molecule has 0 amide bonds. The lowest BCUT2D eigenvalue weighted by molar-refractivity contribution is -0.661. The second-order valence-corrected chi connectivity index (χ2v) is 9.78. The molecule has 0 radical (unpaired) electrons. The first kappa shape index (κ1) is 23.1. The predicted molar refractivity (Wildman–Crippen MR) is 145 cm³/mol. The quantitative estimate of drug-likeness (QED) is 0.227. The van der Waals surface area contributed by atoms with E-state index in [1.807, 2.05) is 54.9 Å². The molecule has 0 aliphatic carbocycles. The Morgan fingerprint density at radius 3 is 1.84 bits per heavy atom. The number of benzene rings is 4. The maximum absolute atomic E-state index is 15.4. The fourth-order valence-corrected chi connectivity index (χ4v) is 5.15. The Labute approximate surface area is 214 Å². The Kier molecular flexibility index (Phi) is 5.41. The SMILES string of the molecule is Cc1ccc(-c2ccc(-c3c(F)ccc4c3oc3c(-c5cc(F)c(C)c[n+]5C)c(C)ccc34)cc2)cc1. The van der Waals surface area contributed by atoms with Gasteiger partial charge in [-0.2, -0.15) is 0 Å². The molecule has 182 valence electrons. The predicted octanol–water partition coefficient (Wildman–Crippen LogP) is 8.61. The zero-order valence-electron chi connectivity index (χ0n) is 21.2. The Morgan fingerprint density at radius 1 is 0.595 bits per heavy atom. The minimum Gasteiger partial charge on any atom is -0.454 e. The molecule has 0 bridgehead atoms. The number of pyridine rings is 1. The van der Waals surface area contributed by atoms with Crippen LogP contribution in [0.4, 0.5) is 8.78 Å². The summed E-state index contributed by atoms with van der Waals surface area (Å²) < 4.78 is 38.3. The highest BCUT2D eigenvalue weighted by molar-refractivity contribution is 6.13. The van der Waals surface area contributed by atoms with Crippen LogP contribution in [0.3, 0.4) is 0 Å². The van der Waals surface area contributed by atoms with Gasteiger partial charge in [0.15, 0.2) is 6.20 Å². The van der Waals surface area contributed by atoms with Crippen LogP contribution in [0.15, 0.2) is 89.5 Å². The molecule has 4 heteroatoms. The monoisotopic (exact) mass is 490 g/mol. The zero-order valence-corrected chi connectivity index (χ0v) is 21.2. The van der Waals surface area contributed by atoms with Crippen LogP contribution < -0.4 is 4.57 Å². The van der Waals surface area contributed by atoms with Gasteiger partial charge in [-0.1, -0.05) is 66.2 Å². The normalized spacial score (nSPS) is 11.5. The molecule has 2 heterocycles. The van der Waals surface area contributed by atoms with Crippen molar-refractivity contribution in [3.63, 3.8) is 0 Å². The van der Waals surface area contributed by atoms with Crippen molar-refractivity contribution in [3.05, 3.63) is 113 Å². The van der Waals surface area contributed by atoms with E-state index in [1.54, 1.807) is 19.2 Å². The number of aromatic nitrogens is 1. The number of rotatable bonds is 3. The molecule has 0 saturated carbocycles. The van der Waals surface area contributed by atoms with Crippen molar-refractivity contribution in [1.29, 1.82) is 0 Å². The Bertz CT molecular complexity index is 1810. The van der Waals surface area contributed by atoms with Gasteiger partial charge >= 0.3 is 0 Å². The summed E-state index contributed by atoms with van der Waals surface area (Å²) in [6, 6.07) is 25.0. The summed E-state index contributed by atoms with van der Waals surface area (Å²) in [6.45, 7) is 5.78. The van der Waals surface area contributed by atoms with Gasteiger partial charge in [0.2, 0.25) is 5.69 Å². The van der Waals surface area contributed by atoms with Crippen LogP contribution in [-0.4, -0.2) is 0 Å². The largest absolute Gasteiger partial charge is 0.454 e. The lowest BCUT2D eigenvalue weighted by atomic mass is 9.97. The van der Waals surface area contributed by atoms with Crippen molar-refractivity contribution in [3.8, 4) is 33.5 Å². The third-order valence-electron chi connectivity index (χ3n) is 7.19. The van der Waals surface area contributed by atoms with Gasteiger partial charge < -0.3 is 4.42 Å². The summed E-state index contributed by atoms with van der Waals surface area (Å²) in [5.74, 6) is -0.624. The first-order valence-corrected chi connectivity index (χ1v) is 12.3. The van der Waals surface area contributed by atoms with Crippen molar-refractivity contribution >= 4 is 21.9 Å². The topological polar surface area (TPSA) is 17.0 Å². The van der Waals surface area contributed by atoms with Crippen molar-refractivity contribution in [2.24, 2.45) is 7.05 Å². The fraction of sp³-hybridized carbons (Fsp3) is 0.121. The molecule has 6 rings (SSSR count). The summed E-state index contributed by atoms with van der Waals surface area (Å²) in [4.78, 5) is 0. The smallest absolute Gasteiger partial charge is 0.219 e. The van der Waals surface area contributed by atoms with E-state index in [4.69, 9.17) is 4.42 Å². The van der Waals surface area contributed by atoms with E-state index < -0.39 is 0 Å². The van der Waals surface area contributed by atoms with Gasteiger partial charge in [-0.05, 0) is 55.2 Å². The fourth-order valence-electron chi connectivity index (χ4n) is 5.15. The van der Waals surface area contributed by atoms with Crippen LogP contribution in [0.1, 0.15) is 16.7 Å². The summed E-state index contributed by atoms with van der Waals surface area (Å²) in [6.07, 6.45) is 1.77. The molecule has 0 saturated heterocycles. The number of halogens is 2. The molecule has 0 spiro atoms. The van der Waals surface area contributed by atoms with Crippen LogP contribution in [0.2, 0.25) is 0 Å². The number of nitrogens with zero attached hydrogens (tertiary/aromatic N) is 1. The highest BCUT2D eigenvalue weighted by Crippen LogP contribution is 2.42. The molecule has 0 fully saturated rings. The molecular formula is C33H26F2NO+. The summed E-state index contributed by atoms with van der Waals surface area (Å²) >= 11 is 0. The van der Waals surface area contributed by atoms with Crippen LogP contribution in [0.5, 0.6) is 0 Å². The molecule has 2 aromatic heterocycles. The van der Waals surface area contributed by atoms with Crippen molar-refractivity contribution in [1.82, 2.24) is 0 Å². The summed E-state index contributed by atoms with van der Waals surface area (Å²) in [5.41, 5.74) is 8.67. The zero-order chi connectivity index (χ0) is 25.8. The molecule has 4 aromatic carbocycles. The Hall–Kier alpha value is -4.31. The number of fused-ring (bicyclic) bond motifs is 3. The standard InChI is InChI=1S/C33H26F2NO/c1-19-5-8-22(9-6-19)23-10-12-24(13-11-23)31-27(34)16-15-26-25-14-7-20(2)30(32(25)37-33(26)31)29-17-28(35)21(3)18-36(29)4/h5-18H,1-4H3/q+1. The van der Waals surface area contributed by atoms with Crippen LogP contribution in [0, 0.1) is 32.4 Å². The number of furan rings is 1. The van der Waals surface area contributed by atoms with Gasteiger partial charge in [0.05, 0.1) is 11.1 Å². The Morgan fingerprint density at radius 2 is 1.16 bits per heavy atom. The van der Waals surface area contributed by atoms with E-state index in [9.17, 15) is 4.39 Å². The van der Waals surface area contributed by atoms with Gasteiger partial charge in [0.1, 0.15) is 29.8 Å². The third-order valence-corrected chi connectivity index (χ3v) is 7.19. The lowest BCUT2D eigenvalue weighted by Gasteiger charge is -2.07. The lowest BCUT2D eigenvalue weighted by Crippen LogP contribution is -2.31. The maximum Gasteiger partial charge on any atom is 0.219 e. The second-order valence-electron chi connectivity index (χ2n) is 9.78. The number of hydrogen-bond donors (Lipinski definition) is 0. The van der Waals surface area contributed by atoms with Crippen LogP contribution >= 0.6 is 0 Å². The molecule has 2 nitrogen and oxygen atoms in total. The Balaban J connectivity index is 1.56.